The van der Waals surface area contributed by atoms with Gasteiger partial charge in [-0.15, -0.1) is 0 Å². The predicted octanol–water partition coefficient (Wildman–Crippen LogP) is -0.791. The highest BCUT2D eigenvalue weighted by molar-refractivity contribution is 4.93. The third kappa shape index (κ3) is 2.81. The summed E-state index contributed by atoms with van der Waals surface area (Å²) in [7, 11) is 0. The van der Waals surface area contributed by atoms with Crippen LogP contribution in [0.3, 0.4) is 0 Å². The minimum Gasteiger partial charge on any atom is -0.461 e. The van der Waals surface area contributed by atoms with Gasteiger partial charge in [0.25, 0.3) is 0 Å². The fourth-order valence-electron chi connectivity index (χ4n) is 0.583. The predicted molar refractivity (Wildman–Crippen MR) is 40.6 cm³/mol. The van der Waals surface area contributed by atoms with Gasteiger partial charge in [-0.3, -0.25) is 0 Å². The van der Waals surface area contributed by atoms with Gasteiger partial charge in [0, 0.05) is 12.4 Å². The maximum absolute atomic E-state index is 8.89. The van der Waals surface area contributed by atoms with Crippen molar-refractivity contribution in [3.63, 3.8) is 0 Å². The van der Waals surface area contributed by atoms with Crippen LogP contribution in [0.2, 0.25) is 0 Å². The summed E-state index contributed by atoms with van der Waals surface area (Å²) in [6.07, 6.45) is 2.19. The van der Waals surface area contributed by atoms with Gasteiger partial charge in [-0.05, 0) is 6.07 Å². The van der Waals surface area contributed by atoms with Gasteiger partial charge >= 0.3 is 6.01 Å². The Morgan fingerprint density at radius 2 is 2.08 bits per heavy atom. The molecule has 1 atom stereocenters. The number of nitrogens with zero attached hydrogens (tertiary/aromatic N) is 2. The molecule has 0 amide bonds. The topological polar surface area (TPSA) is 75.5 Å². The first kappa shape index (κ1) is 8.89. The van der Waals surface area contributed by atoms with E-state index in [-0.39, 0.29) is 19.2 Å². The van der Waals surface area contributed by atoms with Crippen LogP contribution < -0.4 is 4.74 Å². The lowest BCUT2D eigenvalue weighted by molar-refractivity contribution is 0.0504. The van der Waals surface area contributed by atoms with Gasteiger partial charge in [0.15, 0.2) is 0 Å². The van der Waals surface area contributed by atoms with Crippen LogP contribution in [0.25, 0.3) is 0 Å². The number of rotatable bonds is 4. The molecule has 5 heteroatoms. The van der Waals surface area contributed by atoms with Crippen LogP contribution in [-0.2, 0) is 0 Å². The maximum Gasteiger partial charge on any atom is 0.316 e. The van der Waals surface area contributed by atoms with Gasteiger partial charge in [-0.25, -0.2) is 9.97 Å². The second kappa shape index (κ2) is 4.63. The molecule has 0 aliphatic heterocycles. The van der Waals surface area contributed by atoms with E-state index in [9.17, 15) is 0 Å². The number of hydrogen-bond donors (Lipinski definition) is 2. The first-order valence-electron chi connectivity index (χ1n) is 3.51. The van der Waals surface area contributed by atoms with E-state index in [1.807, 2.05) is 0 Å². The molecule has 12 heavy (non-hydrogen) atoms. The van der Waals surface area contributed by atoms with Crippen LogP contribution in [0.4, 0.5) is 0 Å². The Balaban J connectivity index is 2.33. The van der Waals surface area contributed by atoms with E-state index in [0.717, 1.165) is 0 Å². The fraction of sp³-hybridized carbons (Fsp3) is 0.429. The Morgan fingerprint density at radius 1 is 1.42 bits per heavy atom. The Kier molecular flexibility index (Phi) is 3.43. The summed E-state index contributed by atoms with van der Waals surface area (Å²) >= 11 is 0. The number of aliphatic hydroxyl groups excluding tert-OH is 2. The Morgan fingerprint density at radius 3 is 2.67 bits per heavy atom. The van der Waals surface area contributed by atoms with Crippen LogP contribution >= 0.6 is 0 Å². The molecule has 0 saturated carbocycles. The van der Waals surface area contributed by atoms with Crippen LogP contribution in [0.5, 0.6) is 6.01 Å². The van der Waals surface area contributed by atoms with Gasteiger partial charge in [0.2, 0.25) is 0 Å². The highest BCUT2D eigenvalue weighted by atomic mass is 16.5. The largest absolute Gasteiger partial charge is 0.461 e. The lowest BCUT2D eigenvalue weighted by atomic mass is 10.4. The van der Waals surface area contributed by atoms with Crippen LogP contribution in [0.15, 0.2) is 18.5 Å². The highest BCUT2D eigenvalue weighted by Crippen LogP contribution is 1.97. The minimum atomic E-state index is -0.881. The number of ether oxygens (including phenoxy) is 1. The van der Waals surface area contributed by atoms with E-state index in [1.165, 1.54) is 12.4 Å². The second-order valence-electron chi connectivity index (χ2n) is 2.18. The molecule has 5 nitrogen and oxygen atoms in total. The van der Waals surface area contributed by atoms with E-state index in [1.54, 1.807) is 6.07 Å². The third-order valence-electron chi connectivity index (χ3n) is 1.16. The first-order valence-corrected chi connectivity index (χ1v) is 3.51. The van der Waals surface area contributed by atoms with Crippen LogP contribution in [-0.4, -0.2) is 39.5 Å². The molecular weight excluding hydrogens is 160 g/mol. The number of aromatic nitrogens is 2. The molecule has 0 aliphatic carbocycles. The summed E-state index contributed by atoms with van der Waals surface area (Å²) in [6, 6.07) is 1.86. The maximum atomic E-state index is 8.89. The zero-order valence-corrected chi connectivity index (χ0v) is 6.42. The van der Waals surface area contributed by atoms with Crippen LogP contribution in [0, 0.1) is 0 Å². The Bertz CT molecular complexity index is 217. The van der Waals surface area contributed by atoms with E-state index in [4.69, 9.17) is 14.9 Å². The quantitative estimate of drug-likeness (QED) is 0.619. The molecule has 0 unspecified atom stereocenters. The number of hydrogen-bond acceptors (Lipinski definition) is 5. The van der Waals surface area contributed by atoms with E-state index in [2.05, 4.69) is 9.97 Å². The van der Waals surface area contributed by atoms with Crippen molar-refractivity contribution in [1.29, 1.82) is 0 Å². The zero-order valence-electron chi connectivity index (χ0n) is 6.42. The second-order valence-corrected chi connectivity index (χ2v) is 2.18. The first-order chi connectivity index (χ1) is 5.83. The van der Waals surface area contributed by atoms with Crippen molar-refractivity contribution >= 4 is 0 Å². The average molecular weight is 170 g/mol. The van der Waals surface area contributed by atoms with Crippen LogP contribution in [0.1, 0.15) is 0 Å². The van der Waals surface area contributed by atoms with E-state index in [0.29, 0.717) is 0 Å². The smallest absolute Gasteiger partial charge is 0.316 e. The fourth-order valence-corrected chi connectivity index (χ4v) is 0.583. The highest BCUT2D eigenvalue weighted by Gasteiger charge is 2.03. The normalized spacial score (nSPS) is 12.5. The summed E-state index contributed by atoms with van der Waals surface area (Å²) in [6.45, 7) is -0.326. The van der Waals surface area contributed by atoms with Crippen molar-refractivity contribution < 1.29 is 14.9 Å². The molecule has 0 aliphatic rings. The summed E-state index contributed by atoms with van der Waals surface area (Å²) < 4.78 is 4.93. The Hall–Kier alpha value is -1.20. The zero-order chi connectivity index (χ0) is 8.81. The summed E-state index contributed by atoms with van der Waals surface area (Å²) in [5.74, 6) is 0. The molecule has 1 aromatic heterocycles. The molecule has 0 saturated heterocycles. The van der Waals surface area contributed by atoms with Crippen molar-refractivity contribution in [3.05, 3.63) is 18.5 Å². The SMILES string of the molecule is OC[C@@H](O)COc1ncccn1. The number of aliphatic hydroxyl groups is 2. The van der Waals surface area contributed by atoms with Crippen molar-refractivity contribution in [2.45, 2.75) is 6.10 Å². The standard InChI is InChI=1S/C7H10N2O3/c10-4-6(11)5-12-7-8-2-1-3-9-7/h1-3,6,10-11H,4-5H2/t6-/m1/s1. The molecule has 1 aromatic rings. The summed E-state index contributed by atoms with van der Waals surface area (Å²) in [4.78, 5) is 7.52. The van der Waals surface area contributed by atoms with Gasteiger partial charge < -0.3 is 14.9 Å². The molecule has 1 rings (SSSR count). The minimum absolute atomic E-state index is 0.000509. The molecule has 0 fully saturated rings. The van der Waals surface area contributed by atoms with E-state index < -0.39 is 6.10 Å². The summed E-state index contributed by atoms with van der Waals surface area (Å²) in [5.41, 5.74) is 0. The lowest BCUT2D eigenvalue weighted by Gasteiger charge is -2.06. The average Bonchev–Trinajstić information content (AvgIpc) is 2.16. The van der Waals surface area contributed by atoms with Crippen molar-refractivity contribution in [2.24, 2.45) is 0 Å². The van der Waals surface area contributed by atoms with Gasteiger partial charge in [-0.2, -0.15) is 0 Å². The molecule has 66 valence electrons. The monoisotopic (exact) mass is 170 g/mol. The van der Waals surface area contributed by atoms with Crippen molar-refractivity contribution in [3.8, 4) is 6.01 Å². The molecule has 0 spiro atoms. The van der Waals surface area contributed by atoms with Gasteiger partial charge in [0.1, 0.15) is 12.7 Å². The molecular formula is C7H10N2O3. The van der Waals surface area contributed by atoms with E-state index >= 15 is 0 Å². The van der Waals surface area contributed by atoms with Crippen molar-refractivity contribution in [1.82, 2.24) is 9.97 Å². The molecule has 0 radical (unpaired) electrons. The van der Waals surface area contributed by atoms with Crippen molar-refractivity contribution in [2.75, 3.05) is 13.2 Å². The molecule has 2 N–H and O–H groups in total. The lowest BCUT2D eigenvalue weighted by Crippen LogP contribution is -2.21. The molecule has 0 aromatic carbocycles. The molecule has 0 bridgehead atoms. The summed E-state index contributed by atoms with van der Waals surface area (Å²) in [5, 5.41) is 17.3. The Labute approximate surface area is 69.7 Å². The molecule has 1 heterocycles. The van der Waals surface area contributed by atoms with Gasteiger partial charge in [-0.1, -0.05) is 0 Å². The third-order valence-corrected chi connectivity index (χ3v) is 1.16. The van der Waals surface area contributed by atoms with Gasteiger partial charge in [0.05, 0.1) is 6.61 Å².